The quantitative estimate of drug-likeness (QED) is 0.850. The van der Waals surface area contributed by atoms with Crippen LogP contribution in [0.25, 0.3) is 0 Å². The zero-order chi connectivity index (χ0) is 11.9. The molecule has 1 aromatic carbocycles. The van der Waals surface area contributed by atoms with Crippen molar-refractivity contribution in [2.75, 3.05) is 13.7 Å². The van der Waals surface area contributed by atoms with Crippen molar-refractivity contribution in [2.24, 2.45) is 0 Å². The Bertz CT molecular complexity index is 419. The van der Waals surface area contributed by atoms with Crippen LogP contribution >= 0.6 is 11.5 Å². The van der Waals surface area contributed by atoms with Crippen molar-refractivity contribution in [3.8, 4) is 0 Å². The minimum Gasteiger partial charge on any atom is -0.383 e. The monoisotopic (exact) mass is 249 g/mol. The van der Waals surface area contributed by atoms with Crippen LogP contribution in [0.4, 0.5) is 0 Å². The summed E-state index contributed by atoms with van der Waals surface area (Å²) in [4.78, 5) is 0. The molecule has 0 aliphatic rings. The summed E-state index contributed by atoms with van der Waals surface area (Å²) in [5, 5.41) is 9.37. The van der Waals surface area contributed by atoms with E-state index in [2.05, 4.69) is 27.0 Å². The molecule has 17 heavy (non-hydrogen) atoms. The van der Waals surface area contributed by atoms with E-state index in [1.807, 2.05) is 23.6 Å². The maximum absolute atomic E-state index is 5.23. The fourth-order valence-electron chi connectivity index (χ4n) is 1.61. The average molecular weight is 249 g/mol. The zero-order valence-corrected chi connectivity index (χ0v) is 10.5. The minimum atomic E-state index is 0.183. The van der Waals surface area contributed by atoms with E-state index in [0.29, 0.717) is 13.2 Å². The van der Waals surface area contributed by atoms with Crippen molar-refractivity contribution in [1.29, 1.82) is 0 Å². The lowest BCUT2D eigenvalue weighted by atomic mass is 10.1. The Labute approximate surface area is 105 Å². The normalized spacial score (nSPS) is 12.5. The third kappa shape index (κ3) is 3.59. The van der Waals surface area contributed by atoms with Gasteiger partial charge < -0.3 is 10.1 Å². The van der Waals surface area contributed by atoms with Gasteiger partial charge in [0.05, 0.1) is 18.3 Å². The molecule has 0 aliphatic carbocycles. The van der Waals surface area contributed by atoms with Gasteiger partial charge in [-0.3, -0.25) is 0 Å². The second kappa shape index (κ2) is 6.44. The van der Waals surface area contributed by atoms with Gasteiger partial charge in [-0.1, -0.05) is 34.8 Å². The summed E-state index contributed by atoms with van der Waals surface area (Å²) in [6.45, 7) is 1.35. The Morgan fingerprint density at radius 2 is 2.18 bits per heavy atom. The Kier molecular flexibility index (Phi) is 4.61. The standard InChI is InChI=1S/C12H15N3OS/c1-16-8-12(10-5-3-2-4-6-10)13-7-11-9-17-15-14-11/h2-6,9,12-13H,7-8H2,1H3/t12-/m0/s1. The molecule has 2 aromatic rings. The van der Waals surface area contributed by atoms with E-state index in [0.717, 1.165) is 5.69 Å². The lowest BCUT2D eigenvalue weighted by Gasteiger charge is -2.17. The highest BCUT2D eigenvalue weighted by molar-refractivity contribution is 7.03. The summed E-state index contributed by atoms with van der Waals surface area (Å²) in [5.41, 5.74) is 2.18. The molecule has 1 heterocycles. The first-order valence-electron chi connectivity index (χ1n) is 5.43. The van der Waals surface area contributed by atoms with E-state index < -0.39 is 0 Å². The molecule has 0 fully saturated rings. The Hall–Kier alpha value is -1.30. The highest BCUT2D eigenvalue weighted by atomic mass is 32.1. The van der Waals surface area contributed by atoms with Crippen LogP contribution in [0.15, 0.2) is 35.7 Å². The number of nitrogens with zero attached hydrogens (tertiary/aromatic N) is 2. The van der Waals surface area contributed by atoms with Crippen LogP contribution in [-0.2, 0) is 11.3 Å². The van der Waals surface area contributed by atoms with Gasteiger partial charge in [0.15, 0.2) is 0 Å². The van der Waals surface area contributed by atoms with Gasteiger partial charge in [0, 0.05) is 19.0 Å². The molecule has 0 saturated carbocycles. The molecule has 90 valence electrons. The molecule has 0 spiro atoms. The van der Waals surface area contributed by atoms with Crippen molar-refractivity contribution in [2.45, 2.75) is 12.6 Å². The summed E-state index contributed by atoms with van der Waals surface area (Å²) in [7, 11) is 1.71. The summed E-state index contributed by atoms with van der Waals surface area (Å²) < 4.78 is 9.07. The van der Waals surface area contributed by atoms with Crippen molar-refractivity contribution in [3.63, 3.8) is 0 Å². The first-order valence-corrected chi connectivity index (χ1v) is 6.27. The van der Waals surface area contributed by atoms with E-state index in [1.165, 1.54) is 17.1 Å². The van der Waals surface area contributed by atoms with E-state index in [-0.39, 0.29) is 6.04 Å². The van der Waals surface area contributed by atoms with Crippen LogP contribution in [0.3, 0.4) is 0 Å². The molecule has 0 radical (unpaired) electrons. The van der Waals surface area contributed by atoms with E-state index in [1.54, 1.807) is 7.11 Å². The highest BCUT2D eigenvalue weighted by Crippen LogP contribution is 2.13. The molecule has 2 rings (SSSR count). The topological polar surface area (TPSA) is 47.0 Å². The molecular formula is C12H15N3OS. The number of ether oxygens (including phenoxy) is 1. The van der Waals surface area contributed by atoms with Gasteiger partial charge in [-0.05, 0) is 17.1 Å². The van der Waals surface area contributed by atoms with Crippen LogP contribution in [0.2, 0.25) is 0 Å². The smallest absolute Gasteiger partial charge is 0.0893 e. The number of hydrogen-bond acceptors (Lipinski definition) is 5. The van der Waals surface area contributed by atoms with E-state index in [4.69, 9.17) is 4.74 Å². The van der Waals surface area contributed by atoms with Gasteiger partial charge in [0.25, 0.3) is 0 Å². The number of nitrogens with one attached hydrogen (secondary N) is 1. The molecule has 1 N–H and O–H groups in total. The predicted molar refractivity (Wildman–Crippen MR) is 67.8 cm³/mol. The van der Waals surface area contributed by atoms with Crippen molar-refractivity contribution < 1.29 is 4.74 Å². The first kappa shape index (κ1) is 12.2. The molecule has 0 amide bonds. The van der Waals surface area contributed by atoms with Gasteiger partial charge in [-0.2, -0.15) is 0 Å². The Morgan fingerprint density at radius 3 is 2.82 bits per heavy atom. The lowest BCUT2D eigenvalue weighted by molar-refractivity contribution is 0.166. The third-order valence-electron chi connectivity index (χ3n) is 2.47. The van der Waals surface area contributed by atoms with Gasteiger partial charge >= 0.3 is 0 Å². The minimum absolute atomic E-state index is 0.183. The average Bonchev–Trinajstić information content (AvgIpc) is 2.88. The van der Waals surface area contributed by atoms with Gasteiger partial charge in [0.2, 0.25) is 0 Å². The van der Waals surface area contributed by atoms with Gasteiger partial charge in [-0.15, -0.1) is 5.10 Å². The maximum Gasteiger partial charge on any atom is 0.0893 e. The highest BCUT2D eigenvalue weighted by Gasteiger charge is 2.10. The molecule has 0 unspecified atom stereocenters. The molecule has 0 bridgehead atoms. The first-order chi connectivity index (χ1) is 8.40. The zero-order valence-electron chi connectivity index (χ0n) is 9.67. The summed E-state index contributed by atoms with van der Waals surface area (Å²) in [6.07, 6.45) is 0. The van der Waals surface area contributed by atoms with Crippen molar-refractivity contribution in [3.05, 3.63) is 47.0 Å². The number of methoxy groups -OCH3 is 1. The van der Waals surface area contributed by atoms with E-state index >= 15 is 0 Å². The van der Waals surface area contributed by atoms with Crippen molar-refractivity contribution in [1.82, 2.24) is 14.9 Å². The third-order valence-corrected chi connectivity index (χ3v) is 3.02. The maximum atomic E-state index is 5.23. The molecule has 1 atom stereocenters. The number of rotatable bonds is 6. The number of benzene rings is 1. The van der Waals surface area contributed by atoms with E-state index in [9.17, 15) is 0 Å². The molecule has 4 nitrogen and oxygen atoms in total. The SMILES string of the molecule is COC[C@H](NCc1csnn1)c1ccccc1. The molecule has 0 saturated heterocycles. The van der Waals surface area contributed by atoms with Crippen LogP contribution in [-0.4, -0.2) is 23.3 Å². The number of aromatic nitrogens is 2. The molecule has 5 heteroatoms. The van der Waals surface area contributed by atoms with Crippen molar-refractivity contribution >= 4 is 11.5 Å². The Balaban J connectivity index is 1.98. The molecule has 0 aliphatic heterocycles. The Morgan fingerprint density at radius 1 is 1.35 bits per heavy atom. The molecular weight excluding hydrogens is 234 g/mol. The second-order valence-corrected chi connectivity index (χ2v) is 4.31. The van der Waals surface area contributed by atoms with Crippen LogP contribution in [0, 0.1) is 0 Å². The fourth-order valence-corrected chi connectivity index (χ4v) is 2.07. The van der Waals surface area contributed by atoms with Crippen LogP contribution in [0.5, 0.6) is 0 Å². The summed E-state index contributed by atoms with van der Waals surface area (Å²) in [6, 6.07) is 10.4. The van der Waals surface area contributed by atoms with Gasteiger partial charge in [0.1, 0.15) is 0 Å². The van der Waals surface area contributed by atoms with Gasteiger partial charge in [-0.25, -0.2) is 0 Å². The lowest BCUT2D eigenvalue weighted by Crippen LogP contribution is -2.25. The summed E-state index contributed by atoms with van der Waals surface area (Å²) >= 11 is 1.37. The largest absolute Gasteiger partial charge is 0.383 e. The predicted octanol–water partition coefficient (Wildman–Crippen LogP) is 2.02. The summed E-state index contributed by atoms with van der Waals surface area (Å²) in [5.74, 6) is 0. The number of hydrogen-bond donors (Lipinski definition) is 1. The second-order valence-electron chi connectivity index (χ2n) is 3.70. The van der Waals surface area contributed by atoms with Crippen LogP contribution < -0.4 is 5.32 Å². The van der Waals surface area contributed by atoms with Crippen LogP contribution in [0.1, 0.15) is 17.3 Å². The molecule has 1 aromatic heterocycles. The fraction of sp³-hybridized carbons (Fsp3) is 0.333.